The van der Waals surface area contributed by atoms with Gasteiger partial charge in [-0.2, -0.15) is 0 Å². The molecule has 0 aliphatic carbocycles. The van der Waals surface area contributed by atoms with Crippen molar-refractivity contribution in [3.63, 3.8) is 0 Å². The first kappa shape index (κ1) is 12.6. The first-order valence-electron chi connectivity index (χ1n) is 6.17. The van der Waals surface area contributed by atoms with Gasteiger partial charge in [0.2, 0.25) is 0 Å². The molecule has 2 aromatic rings. The lowest BCUT2D eigenvalue weighted by Crippen LogP contribution is -2.30. The number of hydrogen-bond donors (Lipinski definition) is 0. The Morgan fingerprint density at radius 1 is 1.05 bits per heavy atom. The summed E-state index contributed by atoms with van der Waals surface area (Å²) in [5.41, 5.74) is 1.24. The van der Waals surface area contributed by atoms with Crippen LogP contribution in [0, 0.1) is 0 Å². The summed E-state index contributed by atoms with van der Waals surface area (Å²) in [7, 11) is 0. The molecule has 1 heterocycles. The highest BCUT2D eigenvalue weighted by Crippen LogP contribution is 2.46. The number of rotatable bonds is 4. The van der Waals surface area contributed by atoms with Crippen molar-refractivity contribution in [3.8, 4) is 0 Å². The van der Waals surface area contributed by atoms with E-state index >= 15 is 0 Å². The van der Waals surface area contributed by atoms with Gasteiger partial charge in [0.05, 0.1) is 6.61 Å². The molecule has 0 bridgehead atoms. The molecule has 3 heteroatoms. The molecule has 2 nitrogen and oxygen atoms in total. The lowest BCUT2D eigenvalue weighted by Gasteiger charge is -2.18. The van der Waals surface area contributed by atoms with Crippen LogP contribution >= 0.6 is 15.9 Å². The lowest BCUT2D eigenvalue weighted by atomic mass is 9.92. The average molecular weight is 317 g/mol. The van der Waals surface area contributed by atoms with E-state index in [4.69, 9.17) is 4.74 Å². The highest BCUT2D eigenvalue weighted by Gasteiger charge is 2.54. The summed E-state index contributed by atoms with van der Waals surface area (Å²) in [5.74, 6) is 0.0574. The fourth-order valence-electron chi connectivity index (χ4n) is 2.22. The SMILES string of the molecule is O=C(c1ccccc1)[C@@H](Br)[C@@]1(c2ccccc2)CO1. The molecule has 2 atom stereocenters. The lowest BCUT2D eigenvalue weighted by molar-refractivity contribution is 0.0957. The van der Waals surface area contributed by atoms with E-state index in [0.29, 0.717) is 12.2 Å². The Kier molecular flexibility index (Phi) is 3.25. The van der Waals surface area contributed by atoms with E-state index in [-0.39, 0.29) is 10.6 Å². The smallest absolute Gasteiger partial charge is 0.179 e. The number of hydrogen-bond acceptors (Lipinski definition) is 2. The van der Waals surface area contributed by atoms with Gasteiger partial charge in [-0.05, 0) is 5.56 Å². The molecule has 0 amide bonds. The van der Waals surface area contributed by atoms with Crippen LogP contribution in [0.5, 0.6) is 0 Å². The molecule has 3 rings (SSSR count). The van der Waals surface area contributed by atoms with E-state index in [0.717, 1.165) is 5.56 Å². The highest BCUT2D eigenvalue weighted by molar-refractivity contribution is 9.10. The van der Waals surface area contributed by atoms with Crippen LogP contribution in [0.1, 0.15) is 15.9 Å². The summed E-state index contributed by atoms with van der Waals surface area (Å²) in [6, 6.07) is 19.2. The molecule has 1 aliphatic heterocycles. The van der Waals surface area contributed by atoms with Gasteiger partial charge in [0.1, 0.15) is 10.4 Å². The Morgan fingerprint density at radius 3 is 2.11 bits per heavy atom. The molecule has 1 fully saturated rings. The highest BCUT2D eigenvalue weighted by atomic mass is 79.9. The van der Waals surface area contributed by atoms with Crippen molar-refractivity contribution in [2.45, 2.75) is 10.4 Å². The molecular weight excluding hydrogens is 304 g/mol. The fraction of sp³-hybridized carbons (Fsp3) is 0.188. The molecule has 0 aromatic heterocycles. The van der Waals surface area contributed by atoms with Gasteiger partial charge in [-0.25, -0.2) is 0 Å². The van der Waals surface area contributed by atoms with Crippen molar-refractivity contribution in [3.05, 3.63) is 71.8 Å². The van der Waals surface area contributed by atoms with Crippen LogP contribution in [0.15, 0.2) is 60.7 Å². The number of carbonyl (C=O) groups excluding carboxylic acids is 1. The second-order valence-electron chi connectivity index (χ2n) is 4.64. The minimum absolute atomic E-state index is 0.0574. The molecule has 1 saturated heterocycles. The van der Waals surface area contributed by atoms with E-state index < -0.39 is 5.60 Å². The van der Waals surface area contributed by atoms with Gasteiger partial charge in [-0.1, -0.05) is 76.6 Å². The predicted octanol–water partition coefficient (Wildman–Crippen LogP) is 3.56. The average Bonchev–Trinajstić information content (AvgIpc) is 3.29. The predicted molar refractivity (Wildman–Crippen MR) is 77.6 cm³/mol. The van der Waals surface area contributed by atoms with Gasteiger partial charge >= 0.3 is 0 Å². The Bertz CT molecular complexity index is 576. The number of Topliss-reactive ketones (excluding diaryl/α,β-unsaturated/α-hetero) is 1. The largest absolute Gasteiger partial charge is 0.363 e. The molecule has 0 radical (unpaired) electrons. The van der Waals surface area contributed by atoms with Crippen LogP contribution in [0.4, 0.5) is 0 Å². The first-order chi connectivity index (χ1) is 9.24. The Labute approximate surface area is 120 Å². The van der Waals surface area contributed by atoms with Crippen molar-refractivity contribution in [1.29, 1.82) is 0 Å². The summed E-state index contributed by atoms with van der Waals surface area (Å²) in [6.07, 6.45) is 0. The maximum Gasteiger partial charge on any atom is 0.179 e. The third kappa shape index (κ3) is 2.24. The molecule has 19 heavy (non-hydrogen) atoms. The summed E-state index contributed by atoms with van der Waals surface area (Å²) in [6.45, 7) is 0.575. The standard InChI is InChI=1S/C16H13BrO2/c17-15(14(18)12-7-3-1-4-8-12)16(11-19-16)13-9-5-2-6-10-13/h1-10,15H,11H2/t15-,16+/m1/s1. The minimum atomic E-state index is -0.506. The second-order valence-corrected chi connectivity index (χ2v) is 5.55. The third-order valence-electron chi connectivity index (χ3n) is 3.42. The number of halogens is 1. The second kappa shape index (κ2) is 4.91. The van der Waals surface area contributed by atoms with Gasteiger partial charge in [-0.3, -0.25) is 4.79 Å². The van der Waals surface area contributed by atoms with Gasteiger partial charge in [0.25, 0.3) is 0 Å². The third-order valence-corrected chi connectivity index (χ3v) is 4.57. The maximum atomic E-state index is 12.5. The van der Waals surface area contributed by atoms with Gasteiger partial charge in [0.15, 0.2) is 5.78 Å². The van der Waals surface area contributed by atoms with Crippen LogP contribution in [-0.4, -0.2) is 17.2 Å². The number of epoxide rings is 1. The van der Waals surface area contributed by atoms with Gasteiger partial charge < -0.3 is 4.74 Å². The zero-order chi connectivity index (χ0) is 13.3. The minimum Gasteiger partial charge on any atom is -0.363 e. The Hall–Kier alpha value is -1.45. The van der Waals surface area contributed by atoms with E-state index in [2.05, 4.69) is 15.9 Å². The van der Waals surface area contributed by atoms with Crippen LogP contribution in [-0.2, 0) is 10.3 Å². The maximum absolute atomic E-state index is 12.5. The van der Waals surface area contributed by atoms with Crippen LogP contribution in [0.25, 0.3) is 0 Å². The molecule has 0 saturated carbocycles. The van der Waals surface area contributed by atoms with Gasteiger partial charge in [0, 0.05) is 5.56 Å². The molecule has 0 N–H and O–H groups in total. The summed E-state index contributed by atoms with van der Waals surface area (Å²) >= 11 is 3.53. The number of benzene rings is 2. The topological polar surface area (TPSA) is 29.6 Å². The van der Waals surface area contributed by atoms with Gasteiger partial charge in [-0.15, -0.1) is 0 Å². The monoisotopic (exact) mass is 316 g/mol. The number of ketones is 1. The Morgan fingerprint density at radius 2 is 1.58 bits per heavy atom. The van der Waals surface area contributed by atoms with Crippen LogP contribution < -0.4 is 0 Å². The summed E-state index contributed by atoms with van der Waals surface area (Å²) in [4.78, 5) is 12.1. The Balaban J connectivity index is 1.89. The first-order valence-corrected chi connectivity index (χ1v) is 7.08. The van der Waals surface area contributed by atoms with E-state index in [1.54, 1.807) is 0 Å². The molecule has 2 aromatic carbocycles. The van der Waals surface area contributed by atoms with Crippen molar-refractivity contribution in [1.82, 2.24) is 0 Å². The van der Waals surface area contributed by atoms with E-state index in [9.17, 15) is 4.79 Å². The molecule has 1 aliphatic rings. The zero-order valence-electron chi connectivity index (χ0n) is 10.3. The van der Waals surface area contributed by atoms with Crippen LogP contribution in [0.3, 0.4) is 0 Å². The van der Waals surface area contributed by atoms with Crippen LogP contribution in [0.2, 0.25) is 0 Å². The van der Waals surface area contributed by atoms with Crippen molar-refractivity contribution in [2.24, 2.45) is 0 Å². The zero-order valence-corrected chi connectivity index (χ0v) is 11.8. The molecular formula is C16H13BrO2. The number of carbonyl (C=O) groups is 1. The number of ether oxygens (including phenoxy) is 1. The number of alkyl halides is 1. The van der Waals surface area contributed by atoms with E-state index in [1.165, 1.54) is 0 Å². The molecule has 0 spiro atoms. The summed E-state index contributed by atoms with van der Waals surface area (Å²) in [5, 5.41) is 0. The molecule has 96 valence electrons. The van der Waals surface area contributed by atoms with E-state index in [1.807, 2.05) is 60.7 Å². The van der Waals surface area contributed by atoms with Crippen molar-refractivity contribution >= 4 is 21.7 Å². The normalized spacial score (nSPS) is 22.8. The fourth-order valence-corrected chi connectivity index (χ4v) is 3.01. The van der Waals surface area contributed by atoms with Crippen molar-refractivity contribution in [2.75, 3.05) is 6.61 Å². The molecule has 0 unspecified atom stereocenters. The van der Waals surface area contributed by atoms with Crippen molar-refractivity contribution < 1.29 is 9.53 Å². The summed E-state index contributed by atoms with van der Waals surface area (Å²) < 4.78 is 5.62. The quantitative estimate of drug-likeness (QED) is 0.490.